The maximum absolute atomic E-state index is 12.8. The van der Waals surface area contributed by atoms with Gasteiger partial charge in [0.2, 0.25) is 0 Å². The van der Waals surface area contributed by atoms with E-state index in [1.54, 1.807) is 0 Å². The summed E-state index contributed by atoms with van der Waals surface area (Å²) in [5.41, 5.74) is 5.54. The smallest absolute Gasteiger partial charge is 0.407 e. The molecule has 3 aliphatic heterocycles. The van der Waals surface area contributed by atoms with Gasteiger partial charge in [0.05, 0.1) is 18.3 Å². The monoisotopic (exact) mass is 659 g/mol. The third kappa shape index (κ3) is 7.27. The van der Waals surface area contributed by atoms with Gasteiger partial charge < -0.3 is 29.5 Å². The van der Waals surface area contributed by atoms with E-state index in [2.05, 4.69) is 76.5 Å². The molecule has 2 fully saturated rings. The minimum atomic E-state index is -0.457. The molecule has 3 atom stereocenters. The van der Waals surface area contributed by atoms with Crippen LogP contribution in [0.1, 0.15) is 48.1 Å². The summed E-state index contributed by atoms with van der Waals surface area (Å²) >= 11 is 0. The minimum Gasteiger partial charge on any atom is -0.462 e. The number of likely N-dealkylation sites (tertiary alicyclic amines) is 1. The molecule has 0 radical (unpaired) electrons. The van der Waals surface area contributed by atoms with Gasteiger partial charge in [-0.1, -0.05) is 60.7 Å². The lowest BCUT2D eigenvalue weighted by molar-refractivity contribution is 0.129. The van der Waals surface area contributed by atoms with Crippen molar-refractivity contribution in [1.29, 1.82) is 5.26 Å². The highest BCUT2D eigenvalue weighted by Gasteiger charge is 2.34. The molecule has 3 aromatic carbocycles. The largest absolute Gasteiger partial charge is 0.462 e. The van der Waals surface area contributed by atoms with Gasteiger partial charge in [-0.3, -0.25) is 0 Å². The number of hydrogen-bond acceptors (Lipinski definition) is 9. The van der Waals surface area contributed by atoms with Crippen LogP contribution in [-0.4, -0.2) is 72.9 Å². The van der Waals surface area contributed by atoms with Gasteiger partial charge in [0.1, 0.15) is 19.0 Å². The van der Waals surface area contributed by atoms with Crippen LogP contribution in [0.25, 0.3) is 10.8 Å². The van der Waals surface area contributed by atoms with Gasteiger partial charge in [-0.25, -0.2) is 4.79 Å². The third-order valence-corrected chi connectivity index (χ3v) is 10.4. The molecule has 0 aliphatic carbocycles. The van der Waals surface area contributed by atoms with Gasteiger partial charge in [0, 0.05) is 60.7 Å². The number of nitriles is 1. The first kappa shape index (κ1) is 32.7. The molecule has 10 nitrogen and oxygen atoms in total. The summed E-state index contributed by atoms with van der Waals surface area (Å²) < 4.78 is 11.9. The van der Waals surface area contributed by atoms with E-state index in [1.165, 1.54) is 28.4 Å². The zero-order chi connectivity index (χ0) is 33.7. The van der Waals surface area contributed by atoms with Crippen molar-refractivity contribution in [3.05, 3.63) is 89.1 Å². The lowest BCUT2D eigenvalue weighted by atomic mass is 9.89. The predicted octanol–water partition coefficient (Wildman–Crippen LogP) is 6.01. The van der Waals surface area contributed by atoms with E-state index in [1.807, 2.05) is 30.3 Å². The Kier molecular flexibility index (Phi) is 9.80. The molecule has 0 saturated carbocycles. The first-order chi connectivity index (χ1) is 24.0. The van der Waals surface area contributed by atoms with Crippen molar-refractivity contribution in [2.75, 3.05) is 49.6 Å². The van der Waals surface area contributed by atoms with Crippen molar-refractivity contribution >= 4 is 28.4 Å². The number of aromatic nitrogens is 2. The van der Waals surface area contributed by atoms with Crippen molar-refractivity contribution in [2.45, 2.75) is 64.3 Å². The number of likely N-dealkylation sites (N-methyl/N-ethyl adjacent to an activating group) is 1. The molecular weight excluding hydrogens is 614 g/mol. The number of benzene rings is 3. The first-order valence-corrected chi connectivity index (χ1v) is 17.5. The van der Waals surface area contributed by atoms with E-state index in [0.29, 0.717) is 51.1 Å². The van der Waals surface area contributed by atoms with Crippen LogP contribution in [0.4, 0.5) is 16.3 Å². The number of alkyl carbamates (subject to hydrolysis) is 1. The summed E-state index contributed by atoms with van der Waals surface area (Å²) in [5.74, 6) is 0.811. The van der Waals surface area contributed by atoms with Crippen LogP contribution in [0.3, 0.4) is 0 Å². The molecule has 0 bridgehead atoms. The number of nitrogens with one attached hydrogen (secondary N) is 1. The van der Waals surface area contributed by atoms with Crippen LogP contribution < -0.4 is 19.9 Å². The molecule has 4 aromatic rings. The van der Waals surface area contributed by atoms with Gasteiger partial charge in [-0.15, -0.1) is 0 Å². The molecule has 10 heteroatoms. The van der Waals surface area contributed by atoms with Gasteiger partial charge in [0.25, 0.3) is 0 Å². The van der Waals surface area contributed by atoms with Crippen LogP contribution in [0.15, 0.2) is 66.7 Å². The topological polar surface area (TPSA) is 107 Å². The Morgan fingerprint density at radius 1 is 1.00 bits per heavy atom. The average Bonchev–Trinajstić information content (AvgIpc) is 3.54. The number of carbonyl (C=O) groups is 1. The fraction of sp³-hybridized carbons (Fsp3) is 0.436. The lowest BCUT2D eigenvalue weighted by Crippen LogP contribution is -2.51. The Labute approximate surface area is 288 Å². The molecule has 7 rings (SSSR count). The molecule has 0 spiro atoms. The van der Waals surface area contributed by atoms with E-state index < -0.39 is 6.09 Å². The standard InChI is InChI=1S/C39H45N7O3/c1-27-9-6-12-29-13-7-15-35(36(27)29)45-21-17-32-34(24-45)41-38(48-26-31-14-8-20-44(31)2)43-37(32)46-22-18-33(30(23-46)16-19-40)42-39(47)49-25-28-10-4-3-5-11-28/h3-7,9-13,15,30-31,33H,8,14,16-18,20-26H2,1-2H3,(H,42,47)/t30-,31-,33+/m0/s1. The van der Waals surface area contributed by atoms with Crippen LogP contribution in [0, 0.1) is 24.2 Å². The number of nitrogens with zero attached hydrogens (tertiary/aromatic N) is 6. The normalized spacial score (nSPS) is 20.9. The van der Waals surface area contributed by atoms with Crippen LogP contribution >= 0.6 is 0 Å². The fourth-order valence-corrected chi connectivity index (χ4v) is 7.70. The highest BCUT2D eigenvalue weighted by Crippen LogP contribution is 2.36. The summed E-state index contributed by atoms with van der Waals surface area (Å²) in [6.45, 7) is 6.79. The number of aryl methyl sites for hydroxylation is 1. The average molecular weight is 660 g/mol. The molecule has 254 valence electrons. The van der Waals surface area contributed by atoms with Crippen molar-refractivity contribution in [3.63, 3.8) is 0 Å². The second kappa shape index (κ2) is 14.7. The Morgan fingerprint density at radius 2 is 1.84 bits per heavy atom. The molecule has 4 heterocycles. The zero-order valence-electron chi connectivity index (χ0n) is 28.5. The van der Waals surface area contributed by atoms with Gasteiger partial charge >= 0.3 is 12.1 Å². The number of carbonyl (C=O) groups excluding carboxylic acids is 1. The number of amides is 1. The summed E-state index contributed by atoms with van der Waals surface area (Å²) in [6, 6.07) is 25.6. The van der Waals surface area contributed by atoms with E-state index in [0.717, 1.165) is 48.6 Å². The van der Waals surface area contributed by atoms with Crippen LogP contribution in [0.5, 0.6) is 6.01 Å². The molecule has 3 aliphatic rings. The number of hydrogen-bond donors (Lipinski definition) is 1. The maximum atomic E-state index is 12.8. The highest BCUT2D eigenvalue weighted by atomic mass is 16.5. The first-order valence-electron chi connectivity index (χ1n) is 17.5. The molecule has 49 heavy (non-hydrogen) atoms. The second-order valence-electron chi connectivity index (χ2n) is 13.6. The van der Waals surface area contributed by atoms with Crippen molar-refractivity contribution < 1.29 is 14.3 Å². The number of anilines is 2. The number of fused-ring (bicyclic) bond motifs is 2. The summed E-state index contributed by atoms with van der Waals surface area (Å²) in [4.78, 5) is 30.0. The van der Waals surface area contributed by atoms with Crippen molar-refractivity contribution in [1.82, 2.24) is 20.2 Å². The van der Waals surface area contributed by atoms with Crippen molar-refractivity contribution in [3.8, 4) is 12.1 Å². The molecule has 0 unspecified atom stereocenters. The van der Waals surface area contributed by atoms with Crippen LogP contribution in [0.2, 0.25) is 0 Å². The number of piperidine rings is 1. The zero-order valence-corrected chi connectivity index (χ0v) is 28.5. The van der Waals surface area contributed by atoms with Gasteiger partial charge in [-0.2, -0.15) is 15.2 Å². The fourth-order valence-electron chi connectivity index (χ4n) is 7.70. The predicted molar refractivity (Wildman–Crippen MR) is 191 cm³/mol. The summed E-state index contributed by atoms with van der Waals surface area (Å²) in [7, 11) is 2.15. The Morgan fingerprint density at radius 3 is 2.63 bits per heavy atom. The van der Waals surface area contributed by atoms with E-state index >= 15 is 0 Å². The van der Waals surface area contributed by atoms with Gasteiger partial charge in [0.15, 0.2) is 0 Å². The molecule has 1 amide bonds. The highest BCUT2D eigenvalue weighted by molar-refractivity contribution is 5.97. The number of ether oxygens (including phenoxy) is 2. The SMILES string of the molecule is Cc1cccc2cccc(N3CCc4c(nc(OC[C@@H]5CCCN5C)nc4N4CC[C@@H](NC(=O)OCc5ccccc5)[C@@H](CC#N)C4)C3)c12. The minimum absolute atomic E-state index is 0.0797. The quantitative estimate of drug-likeness (QED) is 0.231. The Balaban J connectivity index is 1.13. The second-order valence-corrected chi connectivity index (χ2v) is 13.6. The van der Waals surface area contributed by atoms with Crippen LogP contribution in [-0.2, 0) is 24.3 Å². The van der Waals surface area contributed by atoms with E-state index in [-0.39, 0.29) is 18.6 Å². The molecule has 1 N–H and O–H groups in total. The molecular formula is C39H45N7O3. The van der Waals surface area contributed by atoms with E-state index in [9.17, 15) is 10.1 Å². The number of rotatable bonds is 9. The van der Waals surface area contributed by atoms with Crippen molar-refractivity contribution in [2.24, 2.45) is 5.92 Å². The molecule has 2 saturated heterocycles. The molecule has 1 aromatic heterocycles. The van der Waals surface area contributed by atoms with E-state index in [4.69, 9.17) is 19.4 Å². The lowest BCUT2D eigenvalue weighted by Gasteiger charge is -2.40. The Hall–Kier alpha value is -4.88. The third-order valence-electron chi connectivity index (χ3n) is 10.4. The summed E-state index contributed by atoms with van der Waals surface area (Å²) in [5, 5.41) is 15.3. The Bertz CT molecular complexity index is 1820. The van der Waals surface area contributed by atoms with Gasteiger partial charge in [-0.05, 0) is 68.8 Å². The summed E-state index contributed by atoms with van der Waals surface area (Å²) in [6.07, 6.45) is 3.61. The maximum Gasteiger partial charge on any atom is 0.407 e.